The van der Waals surface area contributed by atoms with E-state index in [4.69, 9.17) is 25.1 Å². The lowest BCUT2D eigenvalue weighted by Crippen LogP contribution is -2.64. The molecule has 136 valence electrons. The Bertz CT molecular complexity index is 383. The molecule has 2 rings (SSSR count). The van der Waals surface area contributed by atoms with Crippen LogP contribution in [-0.4, -0.2) is 110 Å². The molecular weight excluding hydrogens is 318 g/mol. The fourth-order valence-electron chi connectivity index (χ4n) is 2.61. The van der Waals surface area contributed by atoms with E-state index in [0.29, 0.717) is 0 Å². The van der Waals surface area contributed by atoms with Gasteiger partial charge in [-0.2, -0.15) is 0 Å². The van der Waals surface area contributed by atoms with Gasteiger partial charge in [0.05, 0.1) is 6.61 Å². The van der Waals surface area contributed by atoms with Crippen molar-refractivity contribution < 1.29 is 50.0 Å². The quantitative estimate of drug-likeness (QED) is 0.243. The second-order valence-corrected chi connectivity index (χ2v) is 5.58. The average molecular weight is 341 g/mol. The van der Waals surface area contributed by atoms with Crippen molar-refractivity contribution in [1.82, 2.24) is 0 Å². The maximum Gasteiger partial charge on any atom is 0.187 e. The number of aliphatic hydroxyl groups excluding tert-OH is 7. The number of hydrogen-bond acceptors (Lipinski definition) is 11. The highest BCUT2D eigenvalue weighted by Crippen LogP contribution is 2.28. The van der Waals surface area contributed by atoms with Gasteiger partial charge in [-0.3, -0.25) is 0 Å². The standard InChI is InChI=1S/C12H23NO10/c13-1-3-10(7(17)8(18)11(20)21-3)23-12-9(19)6(16)5(15)4(2-14)22-12/h3-12,14-20H,1-2,13H2/t3?,4?,5-,6-,7+,8?,9?,10-,11+,12-/m0/s1. The minimum atomic E-state index is -1.68. The molecule has 0 bridgehead atoms. The summed E-state index contributed by atoms with van der Waals surface area (Å²) in [4.78, 5) is 0. The zero-order valence-corrected chi connectivity index (χ0v) is 12.1. The maximum absolute atomic E-state index is 10.00. The Hall–Kier alpha value is -0.440. The third-order valence-electron chi connectivity index (χ3n) is 4.03. The zero-order chi connectivity index (χ0) is 17.3. The average Bonchev–Trinajstić information content (AvgIpc) is 2.55. The van der Waals surface area contributed by atoms with Crippen LogP contribution in [0.5, 0.6) is 0 Å². The van der Waals surface area contributed by atoms with Gasteiger partial charge in [0.25, 0.3) is 0 Å². The van der Waals surface area contributed by atoms with Crippen LogP contribution in [-0.2, 0) is 14.2 Å². The van der Waals surface area contributed by atoms with Crippen LogP contribution < -0.4 is 5.73 Å². The molecule has 2 saturated heterocycles. The first-order valence-electron chi connectivity index (χ1n) is 7.17. The van der Waals surface area contributed by atoms with Gasteiger partial charge in [0.2, 0.25) is 0 Å². The summed E-state index contributed by atoms with van der Waals surface area (Å²) >= 11 is 0. The lowest BCUT2D eigenvalue weighted by molar-refractivity contribution is -0.352. The van der Waals surface area contributed by atoms with E-state index in [1.807, 2.05) is 0 Å². The summed E-state index contributed by atoms with van der Waals surface area (Å²) in [6, 6.07) is 0. The normalized spacial score (nSPS) is 51.7. The summed E-state index contributed by atoms with van der Waals surface area (Å²) in [5.74, 6) is 0. The molecule has 0 spiro atoms. The number of aliphatic hydroxyl groups is 7. The number of rotatable bonds is 4. The molecule has 0 amide bonds. The highest BCUT2D eigenvalue weighted by atomic mass is 16.7. The predicted molar refractivity (Wildman–Crippen MR) is 70.6 cm³/mol. The molecule has 0 aromatic carbocycles. The van der Waals surface area contributed by atoms with E-state index in [0.717, 1.165) is 0 Å². The van der Waals surface area contributed by atoms with Crippen molar-refractivity contribution in [3.63, 3.8) is 0 Å². The van der Waals surface area contributed by atoms with Gasteiger partial charge in [-0.1, -0.05) is 0 Å². The molecule has 2 aliphatic heterocycles. The van der Waals surface area contributed by atoms with Gasteiger partial charge in [0.15, 0.2) is 12.6 Å². The molecule has 11 nitrogen and oxygen atoms in total. The van der Waals surface area contributed by atoms with Crippen LogP contribution in [0.2, 0.25) is 0 Å². The molecule has 2 aliphatic rings. The largest absolute Gasteiger partial charge is 0.394 e. The van der Waals surface area contributed by atoms with Crippen LogP contribution in [0.1, 0.15) is 0 Å². The summed E-state index contributed by atoms with van der Waals surface area (Å²) < 4.78 is 15.5. The monoisotopic (exact) mass is 341 g/mol. The Morgan fingerprint density at radius 3 is 2.00 bits per heavy atom. The van der Waals surface area contributed by atoms with Crippen LogP contribution in [0.25, 0.3) is 0 Å². The first-order chi connectivity index (χ1) is 10.8. The van der Waals surface area contributed by atoms with E-state index >= 15 is 0 Å². The van der Waals surface area contributed by atoms with Crippen molar-refractivity contribution in [2.75, 3.05) is 13.2 Å². The van der Waals surface area contributed by atoms with Crippen LogP contribution in [0, 0.1) is 0 Å². The molecule has 2 heterocycles. The van der Waals surface area contributed by atoms with E-state index in [-0.39, 0.29) is 6.54 Å². The number of ether oxygens (including phenoxy) is 3. The number of hydrogen-bond donors (Lipinski definition) is 8. The first-order valence-corrected chi connectivity index (χ1v) is 7.17. The molecule has 0 radical (unpaired) electrons. The molecule has 11 heteroatoms. The third-order valence-corrected chi connectivity index (χ3v) is 4.03. The van der Waals surface area contributed by atoms with E-state index in [9.17, 15) is 30.6 Å². The Labute approximate surface area is 131 Å². The molecular formula is C12H23NO10. The van der Waals surface area contributed by atoms with Gasteiger partial charge >= 0.3 is 0 Å². The number of nitrogens with two attached hydrogens (primary N) is 1. The van der Waals surface area contributed by atoms with Gasteiger partial charge in [0, 0.05) is 6.54 Å². The van der Waals surface area contributed by atoms with E-state index in [1.54, 1.807) is 0 Å². The van der Waals surface area contributed by atoms with E-state index in [1.165, 1.54) is 0 Å². The van der Waals surface area contributed by atoms with Gasteiger partial charge in [-0.15, -0.1) is 0 Å². The second kappa shape index (κ2) is 7.63. The van der Waals surface area contributed by atoms with Crippen molar-refractivity contribution in [2.45, 2.75) is 61.4 Å². The van der Waals surface area contributed by atoms with Crippen molar-refractivity contribution in [3.8, 4) is 0 Å². The fraction of sp³-hybridized carbons (Fsp3) is 1.00. The van der Waals surface area contributed by atoms with E-state index < -0.39 is 68.0 Å². The Kier molecular flexibility index (Phi) is 6.27. The molecule has 0 aliphatic carbocycles. The van der Waals surface area contributed by atoms with Crippen molar-refractivity contribution >= 4 is 0 Å². The highest BCUT2D eigenvalue weighted by Gasteiger charge is 2.49. The van der Waals surface area contributed by atoms with Gasteiger partial charge in [-0.05, 0) is 0 Å². The minimum absolute atomic E-state index is 0.178. The van der Waals surface area contributed by atoms with Crippen LogP contribution >= 0.6 is 0 Å². The van der Waals surface area contributed by atoms with Crippen LogP contribution in [0.15, 0.2) is 0 Å². The fourth-order valence-corrected chi connectivity index (χ4v) is 2.61. The van der Waals surface area contributed by atoms with Gasteiger partial charge < -0.3 is 55.7 Å². The van der Waals surface area contributed by atoms with Crippen LogP contribution in [0.3, 0.4) is 0 Å². The SMILES string of the molecule is NCC1O[C@@H](O)C(O)[C@@H](O)[C@H]1O[C@@H]1OC(CO)[C@H](O)[C@H](O)C1O. The van der Waals surface area contributed by atoms with Crippen LogP contribution in [0.4, 0.5) is 0 Å². The summed E-state index contributed by atoms with van der Waals surface area (Å²) in [5, 5.41) is 67.5. The lowest BCUT2D eigenvalue weighted by atomic mass is 9.97. The summed E-state index contributed by atoms with van der Waals surface area (Å²) in [7, 11) is 0. The topological polar surface area (TPSA) is 195 Å². The predicted octanol–water partition coefficient (Wildman–Crippen LogP) is -5.43. The van der Waals surface area contributed by atoms with Crippen molar-refractivity contribution in [1.29, 1.82) is 0 Å². The molecule has 23 heavy (non-hydrogen) atoms. The first kappa shape index (κ1) is 18.9. The second-order valence-electron chi connectivity index (χ2n) is 5.58. The smallest absolute Gasteiger partial charge is 0.187 e. The molecule has 0 aromatic heterocycles. The van der Waals surface area contributed by atoms with Gasteiger partial charge in [0.1, 0.15) is 48.8 Å². The summed E-state index contributed by atoms with van der Waals surface area (Å²) in [5.41, 5.74) is 5.46. The molecule has 0 saturated carbocycles. The maximum atomic E-state index is 10.00. The Balaban J connectivity index is 2.11. The molecule has 10 atom stereocenters. The lowest BCUT2D eigenvalue weighted by Gasteiger charge is -2.45. The van der Waals surface area contributed by atoms with Gasteiger partial charge in [-0.25, -0.2) is 0 Å². The Morgan fingerprint density at radius 1 is 0.783 bits per heavy atom. The Morgan fingerprint density at radius 2 is 1.43 bits per heavy atom. The zero-order valence-electron chi connectivity index (χ0n) is 12.1. The summed E-state index contributed by atoms with van der Waals surface area (Å²) in [6.07, 6.45) is -14.8. The molecule has 4 unspecified atom stereocenters. The highest BCUT2D eigenvalue weighted by molar-refractivity contribution is 4.94. The summed E-state index contributed by atoms with van der Waals surface area (Å²) in [6.45, 7) is -0.820. The molecule has 0 aromatic rings. The van der Waals surface area contributed by atoms with E-state index in [2.05, 4.69) is 0 Å². The van der Waals surface area contributed by atoms with Crippen molar-refractivity contribution in [2.24, 2.45) is 5.73 Å². The molecule has 9 N–H and O–H groups in total. The molecule has 2 fully saturated rings. The van der Waals surface area contributed by atoms with Crippen molar-refractivity contribution in [3.05, 3.63) is 0 Å². The third kappa shape index (κ3) is 3.65. The minimum Gasteiger partial charge on any atom is -0.394 e.